The number of hydrogen-bond donors (Lipinski definition) is 1. The Kier molecular flexibility index (Phi) is 5.03. The number of benzene rings is 1. The Bertz CT molecular complexity index is 620. The molecule has 0 fully saturated rings. The number of nitrogens with zero attached hydrogens (tertiary/aromatic N) is 1. The van der Waals surface area contributed by atoms with Crippen molar-refractivity contribution >= 4 is 52.1 Å². The molecule has 0 bridgehead atoms. The fraction of sp³-hybridized carbons (Fsp3) is 0.214. The second-order valence-electron chi connectivity index (χ2n) is 4.46. The summed E-state index contributed by atoms with van der Waals surface area (Å²) in [6.45, 7) is 3.88. The molecule has 1 heterocycles. The average Bonchev–Trinajstić information content (AvgIpc) is 2.36. The zero-order valence-electron chi connectivity index (χ0n) is 10.8. The van der Waals surface area contributed by atoms with Gasteiger partial charge in [0.05, 0.1) is 11.7 Å². The monoisotopic (exact) mass is 348 g/mol. The summed E-state index contributed by atoms with van der Waals surface area (Å²) < 4.78 is 0. The Hall–Kier alpha value is -0.670. The number of aryl methyl sites for hydroxylation is 1. The van der Waals surface area contributed by atoms with E-state index < -0.39 is 0 Å². The van der Waals surface area contributed by atoms with Crippen molar-refractivity contribution in [3.63, 3.8) is 0 Å². The van der Waals surface area contributed by atoms with Crippen LogP contribution in [0.15, 0.2) is 24.3 Å². The van der Waals surface area contributed by atoms with Crippen molar-refractivity contribution in [1.82, 2.24) is 4.98 Å². The van der Waals surface area contributed by atoms with Gasteiger partial charge in [-0.15, -0.1) is 0 Å². The number of halogens is 4. The smallest absolute Gasteiger partial charge is 0.154 e. The third-order valence-corrected chi connectivity index (χ3v) is 3.97. The van der Waals surface area contributed by atoms with E-state index in [9.17, 15) is 0 Å². The molecular formula is C14H12Cl4N2. The number of hydrogen-bond acceptors (Lipinski definition) is 2. The predicted molar refractivity (Wildman–Crippen MR) is 87.5 cm³/mol. The Labute approximate surface area is 138 Å². The van der Waals surface area contributed by atoms with Crippen LogP contribution < -0.4 is 5.32 Å². The summed E-state index contributed by atoms with van der Waals surface area (Å²) in [7, 11) is 0. The van der Waals surface area contributed by atoms with Crippen LogP contribution in [0.5, 0.6) is 0 Å². The number of rotatable bonds is 3. The van der Waals surface area contributed by atoms with Gasteiger partial charge in [-0.2, -0.15) is 0 Å². The Morgan fingerprint density at radius 2 is 1.80 bits per heavy atom. The molecule has 1 aromatic carbocycles. The van der Waals surface area contributed by atoms with Crippen molar-refractivity contribution in [2.45, 2.75) is 19.9 Å². The van der Waals surface area contributed by atoms with Gasteiger partial charge in [0.25, 0.3) is 0 Å². The van der Waals surface area contributed by atoms with E-state index in [1.165, 1.54) is 0 Å². The number of aromatic nitrogens is 1. The van der Waals surface area contributed by atoms with Crippen LogP contribution in [-0.4, -0.2) is 4.98 Å². The second kappa shape index (κ2) is 6.40. The van der Waals surface area contributed by atoms with Crippen molar-refractivity contribution in [3.05, 3.63) is 55.7 Å². The lowest BCUT2D eigenvalue weighted by atomic mass is 10.1. The average molecular weight is 350 g/mol. The molecule has 2 aromatic rings. The molecular weight excluding hydrogens is 338 g/mol. The standard InChI is InChI=1S/C14H12Cl4N2/c1-7-5-12(17)20-14(18)13(7)19-8(2)10-6-9(15)3-4-11(10)16/h3-6,8,19H,1-2H3. The third kappa shape index (κ3) is 3.50. The summed E-state index contributed by atoms with van der Waals surface area (Å²) in [5, 5.41) is 5.27. The van der Waals surface area contributed by atoms with Gasteiger partial charge >= 0.3 is 0 Å². The first kappa shape index (κ1) is 15.7. The molecule has 1 unspecified atom stereocenters. The number of pyridine rings is 1. The van der Waals surface area contributed by atoms with E-state index >= 15 is 0 Å². The van der Waals surface area contributed by atoms with Gasteiger partial charge in [0.15, 0.2) is 5.15 Å². The molecule has 0 aliphatic carbocycles. The first-order valence-corrected chi connectivity index (χ1v) is 7.44. The summed E-state index contributed by atoms with van der Waals surface area (Å²) in [5.41, 5.74) is 2.55. The van der Waals surface area contributed by atoms with Crippen LogP contribution in [0.3, 0.4) is 0 Å². The normalized spacial score (nSPS) is 12.3. The number of nitrogens with one attached hydrogen (secondary N) is 1. The van der Waals surface area contributed by atoms with E-state index in [4.69, 9.17) is 46.4 Å². The third-order valence-electron chi connectivity index (χ3n) is 2.93. The van der Waals surface area contributed by atoms with Gasteiger partial charge in [0.1, 0.15) is 5.15 Å². The lowest BCUT2D eigenvalue weighted by Gasteiger charge is -2.19. The minimum Gasteiger partial charge on any atom is -0.376 e. The van der Waals surface area contributed by atoms with Gasteiger partial charge in [-0.05, 0) is 49.2 Å². The molecule has 0 spiro atoms. The van der Waals surface area contributed by atoms with Crippen LogP contribution in [0.1, 0.15) is 24.1 Å². The maximum absolute atomic E-state index is 6.19. The molecule has 2 nitrogen and oxygen atoms in total. The largest absolute Gasteiger partial charge is 0.376 e. The summed E-state index contributed by atoms with van der Waals surface area (Å²) in [6.07, 6.45) is 0. The van der Waals surface area contributed by atoms with Crippen LogP contribution >= 0.6 is 46.4 Å². The van der Waals surface area contributed by atoms with Crippen molar-refractivity contribution in [1.29, 1.82) is 0 Å². The molecule has 1 aromatic heterocycles. The maximum Gasteiger partial charge on any atom is 0.154 e. The van der Waals surface area contributed by atoms with Crippen LogP contribution in [0.2, 0.25) is 20.4 Å². The van der Waals surface area contributed by atoms with E-state index in [0.29, 0.717) is 20.4 Å². The van der Waals surface area contributed by atoms with E-state index in [1.54, 1.807) is 18.2 Å². The topological polar surface area (TPSA) is 24.9 Å². The van der Waals surface area contributed by atoms with Gasteiger partial charge in [-0.1, -0.05) is 46.4 Å². The molecule has 1 atom stereocenters. The fourth-order valence-electron chi connectivity index (χ4n) is 1.91. The van der Waals surface area contributed by atoms with E-state index in [0.717, 1.165) is 16.8 Å². The first-order valence-electron chi connectivity index (χ1n) is 5.92. The fourth-order valence-corrected chi connectivity index (χ4v) is 2.96. The molecule has 0 amide bonds. The van der Waals surface area contributed by atoms with Crippen LogP contribution in [-0.2, 0) is 0 Å². The lowest BCUT2D eigenvalue weighted by molar-refractivity contribution is 0.881. The molecule has 1 N–H and O–H groups in total. The summed E-state index contributed by atoms with van der Waals surface area (Å²) >= 11 is 24.2. The van der Waals surface area contributed by atoms with E-state index in [2.05, 4.69) is 10.3 Å². The predicted octanol–water partition coefficient (Wildman–Crippen LogP) is 6.18. The highest BCUT2D eigenvalue weighted by Gasteiger charge is 2.14. The zero-order chi connectivity index (χ0) is 14.9. The number of anilines is 1. The SMILES string of the molecule is Cc1cc(Cl)nc(Cl)c1NC(C)c1cc(Cl)ccc1Cl. The van der Waals surface area contributed by atoms with E-state index in [-0.39, 0.29) is 6.04 Å². The van der Waals surface area contributed by atoms with Crippen LogP contribution in [0.4, 0.5) is 5.69 Å². The molecule has 0 radical (unpaired) electrons. The molecule has 0 saturated carbocycles. The highest BCUT2D eigenvalue weighted by Crippen LogP contribution is 2.33. The lowest BCUT2D eigenvalue weighted by Crippen LogP contribution is -2.09. The van der Waals surface area contributed by atoms with E-state index in [1.807, 2.05) is 19.9 Å². The summed E-state index contributed by atoms with van der Waals surface area (Å²) in [4.78, 5) is 4.03. The molecule has 6 heteroatoms. The maximum atomic E-state index is 6.19. The first-order chi connectivity index (χ1) is 9.38. The minimum absolute atomic E-state index is 0.0691. The molecule has 0 aliphatic heterocycles. The van der Waals surface area contributed by atoms with Gasteiger partial charge < -0.3 is 5.32 Å². The van der Waals surface area contributed by atoms with Crippen molar-refractivity contribution in [3.8, 4) is 0 Å². The zero-order valence-corrected chi connectivity index (χ0v) is 13.9. The van der Waals surface area contributed by atoms with Gasteiger partial charge in [-0.25, -0.2) is 4.98 Å². The van der Waals surface area contributed by atoms with Crippen molar-refractivity contribution < 1.29 is 0 Å². The quantitative estimate of drug-likeness (QED) is 0.669. The highest BCUT2D eigenvalue weighted by molar-refractivity contribution is 6.34. The summed E-state index contributed by atoms with van der Waals surface area (Å²) in [6, 6.07) is 7.03. The van der Waals surface area contributed by atoms with Crippen molar-refractivity contribution in [2.75, 3.05) is 5.32 Å². The highest BCUT2D eigenvalue weighted by atomic mass is 35.5. The molecule has 106 valence electrons. The Morgan fingerprint density at radius 3 is 2.45 bits per heavy atom. The molecule has 0 aliphatic rings. The minimum atomic E-state index is -0.0691. The summed E-state index contributed by atoms with van der Waals surface area (Å²) in [5.74, 6) is 0. The van der Waals surface area contributed by atoms with Gasteiger partial charge in [0.2, 0.25) is 0 Å². The molecule has 20 heavy (non-hydrogen) atoms. The molecule has 0 saturated heterocycles. The Morgan fingerprint density at radius 1 is 1.10 bits per heavy atom. The van der Waals surface area contributed by atoms with Crippen LogP contribution in [0, 0.1) is 6.92 Å². The Balaban J connectivity index is 2.32. The van der Waals surface area contributed by atoms with Gasteiger partial charge in [-0.3, -0.25) is 0 Å². The van der Waals surface area contributed by atoms with Crippen molar-refractivity contribution in [2.24, 2.45) is 0 Å². The van der Waals surface area contributed by atoms with Gasteiger partial charge in [0, 0.05) is 10.0 Å². The second-order valence-corrected chi connectivity index (χ2v) is 6.05. The van der Waals surface area contributed by atoms with Crippen LogP contribution in [0.25, 0.3) is 0 Å². The molecule has 2 rings (SSSR count).